The molecule has 0 atom stereocenters. The van der Waals surface area contributed by atoms with E-state index in [-0.39, 0.29) is 11.3 Å². The Morgan fingerprint density at radius 2 is 2.31 bits per heavy atom. The number of carbonyl (C=O) groups is 1. The van der Waals surface area contributed by atoms with Gasteiger partial charge in [0.25, 0.3) is 5.91 Å². The van der Waals surface area contributed by atoms with Crippen LogP contribution in [0.25, 0.3) is 0 Å². The van der Waals surface area contributed by atoms with Crippen LogP contribution in [0.1, 0.15) is 23.5 Å². The molecule has 0 aliphatic carbocycles. The molecule has 0 unspecified atom stereocenters. The summed E-state index contributed by atoms with van der Waals surface area (Å²) in [4.78, 5) is 12.4. The summed E-state index contributed by atoms with van der Waals surface area (Å²) in [6.45, 7) is 4.58. The Balaban J connectivity index is 2.53. The van der Waals surface area contributed by atoms with Crippen molar-refractivity contribution in [3.05, 3.63) is 16.3 Å². The van der Waals surface area contributed by atoms with Gasteiger partial charge in [0.15, 0.2) is 0 Å². The van der Waals surface area contributed by atoms with E-state index in [1.807, 2.05) is 19.2 Å². The molecule has 16 heavy (non-hydrogen) atoms. The Labute approximate surface area is 105 Å². The first-order valence-electron chi connectivity index (χ1n) is 4.95. The first-order valence-corrected chi connectivity index (χ1v) is 6.36. The van der Waals surface area contributed by atoms with Crippen LogP contribution in [0.4, 0.5) is 0 Å². The van der Waals surface area contributed by atoms with E-state index in [0.717, 1.165) is 0 Å². The molecule has 0 fully saturated rings. The Morgan fingerprint density at radius 3 is 2.81 bits per heavy atom. The average Bonchev–Trinajstić information content (AvgIpc) is 2.74. The molecule has 3 nitrogen and oxygen atoms in total. The number of carbonyl (C=O) groups excluding carboxylic acids is 1. The summed E-state index contributed by atoms with van der Waals surface area (Å²) in [6.07, 6.45) is 0. The number of nitrogens with one attached hydrogen (secondary N) is 1. The van der Waals surface area contributed by atoms with Crippen molar-refractivity contribution >= 4 is 28.8 Å². The molecule has 0 aliphatic heterocycles. The summed E-state index contributed by atoms with van der Waals surface area (Å²) in [5.41, 5.74) is -0.0848. The summed E-state index contributed by atoms with van der Waals surface area (Å²) < 4.78 is 5.02. The third-order valence-electron chi connectivity index (χ3n) is 2.12. The van der Waals surface area contributed by atoms with Gasteiger partial charge >= 0.3 is 0 Å². The molecule has 1 heterocycles. The van der Waals surface area contributed by atoms with Crippen LogP contribution in [0.5, 0.6) is 5.75 Å². The van der Waals surface area contributed by atoms with E-state index in [9.17, 15) is 4.79 Å². The molecule has 0 aromatic carbocycles. The maximum Gasteiger partial charge on any atom is 0.261 e. The predicted octanol–water partition coefficient (Wildman–Crippen LogP) is 2.75. The number of hydrogen-bond acceptors (Lipinski definition) is 3. The SMILES string of the molecule is COc1csc(C(=O)NCC(C)(C)CCl)c1. The van der Waals surface area contributed by atoms with Gasteiger partial charge in [0, 0.05) is 23.9 Å². The Morgan fingerprint density at radius 1 is 1.62 bits per heavy atom. The number of ether oxygens (including phenoxy) is 1. The number of halogens is 1. The second kappa shape index (κ2) is 5.55. The summed E-state index contributed by atoms with van der Waals surface area (Å²) in [5, 5.41) is 4.67. The lowest BCUT2D eigenvalue weighted by Crippen LogP contribution is -2.34. The molecule has 0 aliphatic rings. The van der Waals surface area contributed by atoms with E-state index in [1.165, 1.54) is 11.3 Å². The van der Waals surface area contributed by atoms with Gasteiger partial charge in [0.1, 0.15) is 5.75 Å². The molecule has 0 spiro atoms. The van der Waals surface area contributed by atoms with Crippen molar-refractivity contribution in [3.63, 3.8) is 0 Å². The maximum atomic E-state index is 11.7. The summed E-state index contributed by atoms with van der Waals surface area (Å²) in [7, 11) is 1.58. The van der Waals surface area contributed by atoms with Crippen LogP contribution in [0, 0.1) is 5.41 Å². The molecule has 1 aromatic heterocycles. The minimum Gasteiger partial charge on any atom is -0.496 e. The molecule has 0 saturated heterocycles. The lowest BCUT2D eigenvalue weighted by atomic mass is 9.96. The molecule has 1 aromatic rings. The van der Waals surface area contributed by atoms with Gasteiger partial charge in [-0.25, -0.2) is 0 Å². The number of methoxy groups -OCH3 is 1. The summed E-state index contributed by atoms with van der Waals surface area (Å²) >= 11 is 7.15. The third kappa shape index (κ3) is 3.68. The smallest absolute Gasteiger partial charge is 0.261 e. The van der Waals surface area contributed by atoms with E-state index in [1.54, 1.807) is 13.2 Å². The molecule has 1 amide bonds. The van der Waals surface area contributed by atoms with Crippen LogP contribution >= 0.6 is 22.9 Å². The van der Waals surface area contributed by atoms with Crippen molar-refractivity contribution in [1.82, 2.24) is 5.32 Å². The minimum atomic E-state index is -0.0848. The molecule has 1 N–H and O–H groups in total. The van der Waals surface area contributed by atoms with Crippen LogP contribution in [0.3, 0.4) is 0 Å². The van der Waals surface area contributed by atoms with Gasteiger partial charge in [-0.3, -0.25) is 4.79 Å². The van der Waals surface area contributed by atoms with Crippen molar-refractivity contribution < 1.29 is 9.53 Å². The molecule has 90 valence electrons. The zero-order chi connectivity index (χ0) is 12.2. The minimum absolute atomic E-state index is 0.0773. The predicted molar refractivity (Wildman–Crippen MR) is 67.7 cm³/mol. The highest BCUT2D eigenvalue weighted by molar-refractivity contribution is 7.12. The summed E-state index contributed by atoms with van der Waals surface area (Å²) in [6, 6.07) is 1.73. The number of amides is 1. The largest absolute Gasteiger partial charge is 0.496 e. The molecular formula is C11H16ClNO2S. The molecule has 0 bridgehead atoms. The van der Waals surface area contributed by atoms with Crippen LogP contribution in [-0.4, -0.2) is 25.4 Å². The molecular weight excluding hydrogens is 246 g/mol. The fourth-order valence-electron chi connectivity index (χ4n) is 0.999. The maximum absolute atomic E-state index is 11.7. The molecule has 0 saturated carbocycles. The van der Waals surface area contributed by atoms with Gasteiger partial charge in [-0.05, 0) is 5.41 Å². The second-order valence-electron chi connectivity index (χ2n) is 4.33. The van der Waals surface area contributed by atoms with Crippen molar-refractivity contribution in [2.75, 3.05) is 19.5 Å². The first-order chi connectivity index (χ1) is 7.48. The highest BCUT2D eigenvalue weighted by Crippen LogP contribution is 2.21. The van der Waals surface area contributed by atoms with Crippen molar-refractivity contribution in [2.45, 2.75) is 13.8 Å². The summed E-state index contributed by atoms with van der Waals surface area (Å²) in [5.74, 6) is 1.15. The van der Waals surface area contributed by atoms with E-state index in [4.69, 9.17) is 16.3 Å². The molecule has 1 rings (SSSR count). The number of hydrogen-bond donors (Lipinski definition) is 1. The number of thiophene rings is 1. The Hall–Kier alpha value is -0.740. The van der Waals surface area contributed by atoms with E-state index in [2.05, 4.69) is 5.32 Å². The quantitative estimate of drug-likeness (QED) is 0.828. The molecule has 5 heteroatoms. The number of rotatable bonds is 5. The normalized spacial score (nSPS) is 11.2. The zero-order valence-electron chi connectivity index (χ0n) is 9.67. The van der Waals surface area contributed by atoms with Crippen molar-refractivity contribution in [1.29, 1.82) is 0 Å². The monoisotopic (exact) mass is 261 g/mol. The van der Waals surface area contributed by atoms with Crippen LogP contribution in [0.2, 0.25) is 0 Å². The van der Waals surface area contributed by atoms with Gasteiger partial charge in [-0.2, -0.15) is 0 Å². The van der Waals surface area contributed by atoms with Crippen molar-refractivity contribution in [3.8, 4) is 5.75 Å². The Kier molecular flexibility index (Phi) is 4.62. The number of alkyl halides is 1. The fraction of sp³-hybridized carbons (Fsp3) is 0.545. The fourth-order valence-corrected chi connectivity index (χ4v) is 1.86. The van der Waals surface area contributed by atoms with Gasteiger partial charge in [-0.15, -0.1) is 22.9 Å². The Bertz CT molecular complexity index is 363. The van der Waals surface area contributed by atoms with Gasteiger partial charge in [-0.1, -0.05) is 13.8 Å². The molecule has 0 radical (unpaired) electrons. The van der Waals surface area contributed by atoms with Crippen LogP contribution < -0.4 is 10.1 Å². The van der Waals surface area contributed by atoms with Gasteiger partial charge < -0.3 is 10.1 Å². The topological polar surface area (TPSA) is 38.3 Å². The van der Waals surface area contributed by atoms with Gasteiger partial charge in [0.05, 0.1) is 12.0 Å². The van der Waals surface area contributed by atoms with Crippen molar-refractivity contribution in [2.24, 2.45) is 5.41 Å². The van der Waals surface area contributed by atoms with Crippen LogP contribution in [0.15, 0.2) is 11.4 Å². The zero-order valence-corrected chi connectivity index (χ0v) is 11.2. The first kappa shape index (κ1) is 13.3. The highest BCUT2D eigenvalue weighted by atomic mass is 35.5. The van der Waals surface area contributed by atoms with E-state index >= 15 is 0 Å². The lowest BCUT2D eigenvalue weighted by Gasteiger charge is -2.21. The van der Waals surface area contributed by atoms with Gasteiger partial charge in [0.2, 0.25) is 0 Å². The third-order valence-corrected chi connectivity index (χ3v) is 3.75. The second-order valence-corrected chi connectivity index (χ2v) is 5.51. The standard InChI is InChI=1S/C11H16ClNO2S/c1-11(2,6-12)7-13-10(14)9-4-8(15-3)5-16-9/h4-5H,6-7H2,1-3H3,(H,13,14). The van der Waals surface area contributed by atoms with Crippen LogP contribution in [-0.2, 0) is 0 Å². The average molecular weight is 262 g/mol. The lowest BCUT2D eigenvalue weighted by molar-refractivity contribution is 0.0943. The van der Waals surface area contributed by atoms with E-state index in [0.29, 0.717) is 23.1 Å². The van der Waals surface area contributed by atoms with E-state index < -0.39 is 0 Å². The highest BCUT2D eigenvalue weighted by Gasteiger charge is 2.18.